The smallest absolute Gasteiger partial charge is 0.241 e. The Balaban J connectivity index is 1.28. The number of anilines is 1. The molecule has 0 bridgehead atoms. The molecular weight excluding hydrogens is 418 g/mol. The summed E-state index contributed by atoms with van der Waals surface area (Å²) in [6.07, 6.45) is 1.42. The molecule has 3 aromatic rings. The lowest BCUT2D eigenvalue weighted by atomic mass is 9.96. The van der Waals surface area contributed by atoms with Crippen molar-refractivity contribution in [2.45, 2.75) is 24.3 Å². The average molecular weight is 442 g/mol. The van der Waals surface area contributed by atoms with E-state index in [1.807, 2.05) is 30.3 Å². The van der Waals surface area contributed by atoms with E-state index in [1.165, 1.54) is 24.3 Å². The first kappa shape index (κ1) is 21.2. The Morgan fingerprint density at radius 2 is 1.77 bits per heavy atom. The fourth-order valence-corrected chi connectivity index (χ4v) is 4.06. The van der Waals surface area contributed by atoms with Gasteiger partial charge in [0.05, 0.1) is 11.4 Å². The quantitative estimate of drug-likeness (QED) is 0.599. The number of piperidine rings is 1. The van der Waals surface area contributed by atoms with Gasteiger partial charge in [0.15, 0.2) is 0 Å². The minimum absolute atomic E-state index is 0.00949. The zero-order chi connectivity index (χ0) is 21.8. The van der Waals surface area contributed by atoms with Crippen LogP contribution < -0.4 is 10.5 Å². The van der Waals surface area contributed by atoms with Crippen molar-refractivity contribution < 1.29 is 17.7 Å². The molecule has 0 spiro atoms. The summed E-state index contributed by atoms with van der Waals surface area (Å²) in [5.41, 5.74) is 1.45. The first-order chi connectivity index (χ1) is 14.9. The Morgan fingerprint density at radius 1 is 1.10 bits per heavy atom. The highest BCUT2D eigenvalue weighted by Crippen LogP contribution is 2.22. The van der Waals surface area contributed by atoms with Crippen molar-refractivity contribution in [2.24, 2.45) is 11.1 Å². The molecular formula is C21H23N5O4S. The van der Waals surface area contributed by atoms with Crippen LogP contribution in [0.25, 0.3) is 11.4 Å². The number of nitrogens with zero attached hydrogens (tertiary/aromatic N) is 3. The van der Waals surface area contributed by atoms with Gasteiger partial charge in [-0.25, -0.2) is 13.6 Å². The zero-order valence-electron chi connectivity index (χ0n) is 16.8. The highest BCUT2D eigenvalue weighted by Gasteiger charge is 2.26. The number of primary sulfonamides is 1. The fourth-order valence-electron chi connectivity index (χ4n) is 3.54. The third-order valence-electron chi connectivity index (χ3n) is 5.27. The number of hydrogen-bond donors (Lipinski definition) is 2. The first-order valence-electron chi connectivity index (χ1n) is 9.92. The molecule has 162 valence electrons. The van der Waals surface area contributed by atoms with Crippen LogP contribution in [0.4, 0.5) is 5.69 Å². The van der Waals surface area contributed by atoms with E-state index in [1.54, 1.807) is 0 Å². The van der Waals surface area contributed by atoms with E-state index in [4.69, 9.17) is 9.66 Å². The van der Waals surface area contributed by atoms with Gasteiger partial charge in [-0.3, -0.25) is 9.69 Å². The predicted octanol–water partition coefficient (Wildman–Crippen LogP) is 2.23. The van der Waals surface area contributed by atoms with E-state index >= 15 is 0 Å². The number of carbonyl (C=O) groups is 1. The molecule has 0 saturated carbocycles. The summed E-state index contributed by atoms with van der Waals surface area (Å²) in [4.78, 5) is 19.2. The second kappa shape index (κ2) is 8.96. The van der Waals surface area contributed by atoms with Crippen molar-refractivity contribution in [3.8, 4) is 11.4 Å². The van der Waals surface area contributed by atoms with Crippen LogP contribution in [0.15, 0.2) is 64.0 Å². The topological polar surface area (TPSA) is 131 Å². The van der Waals surface area contributed by atoms with Crippen LogP contribution in [-0.2, 0) is 21.4 Å². The summed E-state index contributed by atoms with van der Waals surface area (Å²) >= 11 is 0. The van der Waals surface area contributed by atoms with Crippen LogP contribution >= 0.6 is 0 Å². The normalized spacial score (nSPS) is 15.6. The Hall–Kier alpha value is -3.08. The lowest BCUT2D eigenvalue weighted by molar-refractivity contribution is -0.121. The number of nitrogens with two attached hydrogens (primary N) is 1. The zero-order valence-corrected chi connectivity index (χ0v) is 17.6. The van der Waals surface area contributed by atoms with Crippen LogP contribution in [0, 0.1) is 5.92 Å². The fraction of sp³-hybridized carbons (Fsp3) is 0.286. The van der Waals surface area contributed by atoms with Crippen molar-refractivity contribution in [3.63, 3.8) is 0 Å². The summed E-state index contributed by atoms with van der Waals surface area (Å²) in [6, 6.07) is 15.5. The van der Waals surface area contributed by atoms with Gasteiger partial charge in [0, 0.05) is 17.2 Å². The van der Waals surface area contributed by atoms with Crippen LogP contribution in [0.3, 0.4) is 0 Å². The SMILES string of the molecule is NS(=O)(=O)c1ccc(NC(=O)C2CCN(Cc3nc(-c4ccccc4)no3)CC2)cc1. The van der Waals surface area contributed by atoms with E-state index in [-0.39, 0.29) is 16.7 Å². The summed E-state index contributed by atoms with van der Waals surface area (Å²) in [5, 5.41) is 12.0. The lowest BCUT2D eigenvalue weighted by Gasteiger charge is -2.30. The van der Waals surface area contributed by atoms with E-state index in [0.29, 0.717) is 36.8 Å². The molecule has 9 nitrogen and oxygen atoms in total. The summed E-state index contributed by atoms with van der Waals surface area (Å²) in [7, 11) is -3.75. The molecule has 2 aromatic carbocycles. The first-order valence-corrected chi connectivity index (χ1v) is 11.5. The van der Waals surface area contributed by atoms with Gasteiger partial charge < -0.3 is 9.84 Å². The Kier molecular flexibility index (Phi) is 6.12. The number of hydrogen-bond acceptors (Lipinski definition) is 7. The molecule has 10 heteroatoms. The Labute approximate surface area is 180 Å². The van der Waals surface area contributed by atoms with Crippen molar-refractivity contribution >= 4 is 21.6 Å². The highest BCUT2D eigenvalue weighted by molar-refractivity contribution is 7.89. The second-order valence-electron chi connectivity index (χ2n) is 7.49. The number of benzene rings is 2. The number of likely N-dealkylation sites (tertiary alicyclic amines) is 1. The van der Waals surface area contributed by atoms with Crippen molar-refractivity contribution in [2.75, 3.05) is 18.4 Å². The summed E-state index contributed by atoms with van der Waals surface area (Å²) in [5.74, 6) is 0.930. The van der Waals surface area contributed by atoms with Crippen molar-refractivity contribution in [1.29, 1.82) is 0 Å². The molecule has 1 amide bonds. The average Bonchev–Trinajstić information content (AvgIpc) is 3.23. The third-order valence-corrected chi connectivity index (χ3v) is 6.20. The van der Waals surface area contributed by atoms with Crippen molar-refractivity contribution in [3.05, 3.63) is 60.5 Å². The van der Waals surface area contributed by atoms with Crippen LogP contribution in [0.2, 0.25) is 0 Å². The number of carbonyl (C=O) groups excluding carboxylic acids is 1. The van der Waals surface area contributed by atoms with Gasteiger partial charge >= 0.3 is 0 Å². The van der Waals surface area contributed by atoms with Gasteiger partial charge in [-0.1, -0.05) is 35.5 Å². The van der Waals surface area contributed by atoms with E-state index < -0.39 is 10.0 Å². The van der Waals surface area contributed by atoms with Gasteiger partial charge in [-0.05, 0) is 50.2 Å². The van der Waals surface area contributed by atoms with E-state index in [2.05, 4.69) is 20.4 Å². The molecule has 1 aromatic heterocycles. The molecule has 1 aliphatic heterocycles. The lowest BCUT2D eigenvalue weighted by Crippen LogP contribution is -2.37. The van der Waals surface area contributed by atoms with Crippen LogP contribution in [-0.4, -0.2) is 42.5 Å². The molecule has 31 heavy (non-hydrogen) atoms. The maximum Gasteiger partial charge on any atom is 0.241 e. The van der Waals surface area contributed by atoms with Gasteiger partial charge in [0.2, 0.25) is 27.6 Å². The number of sulfonamides is 1. The van der Waals surface area contributed by atoms with E-state index in [0.717, 1.165) is 18.7 Å². The molecule has 0 radical (unpaired) electrons. The summed E-state index contributed by atoms with van der Waals surface area (Å²) < 4.78 is 28.0. The minimum atomic E-state index is -3.75. The monoisotopic (exact) mass is 441 g/mol. The Morgan fingerprint density at radius 3 is 2.42 bits per heavy atom. The maximum absolute atomic E-state index is 12.6. The predicted molar refractivity (Wildman–Crippen MR) is 114 cm³/mol. The van der Waals surface area contributed by atoms with Gasteiger partial charge in [0.1, 0.15) is 0 Å². The molecule has 2 heterocycles. The molecule has 1 fully saturated rings. The van der Waals surface area contributed by atoms with Crippen LogP contribution in [0.1, 0.15) is 18.7 Å². The molecule has 1 aliphatic rings. The molecule has 1 saturated heterocycles. The van der Waals surface area contributed by atoms with Gasteiger partial charge in [-0.15, -0.1) is 0 Å². The number of rotatable bonds is 6. The summed E-state index contributed by atoms with van der Waals surface area (Å²) in [6.45, 7) is 2.03. The largest absolute Gasteiger partial charge is 0.338 e. The molecule has 3 N–H and O–H groups in total. The van der Waals surface area contributed by atoms with Crippen molar-refractivity contribution in [1.82, 2.24) is 15.0 Å². The standard InChI is InChI=1S/C21H23N5O4S/c22-31(28,29)18-8-6-17(7-9-18)23-21(27)16-10-12-26(13-11-16)14-19-24-20(25-30-19)15-4-2-1-3-5-15/h1-9,16H,10-14H2,(H,23,27)(H2,22,28,29). The second-order valence-corrected chi connectivity index (χ2v) is 9.05. The highest BCUT2D eigenvalue weighted by atomic mass is 32.2. The molecule has 4 rings (SSSR count). The Bertz CT molecular complexity index is 1140. The van der Waals surface area contributed by atoms with E-state index in [9.17, 15) is 13.2 Å². The van der Waals surface area contributed by atoms with Gasteiger partial charge in [0.25, 0.3) is 0 Å². The van der Waals surface area contributed by atoms with Crippen LogP contribution in [0.5, 0.6) is 0 Å². The van der Waals surface area contributed by atoms with Gasteiger partial charge in [-0.2, -0.15) is 4.98 Å². The third kappa shape index (κ3) is 5.35. The molecule has 0 aliphatic carbocycles. The molecule has 0 atom stereocenters. The number of amides is 1. The number of nitrogens with one attached hydrogen (secondary N) is 1. The number of aromatic nitrogens is 2. The molecule has 0 unspecified atom stereocenters. The maximum atomic E-state index is 12.6. The minimum Gasteiger partial charge on any atom is -0.338 e.